The Hall–Kier alpha value is -0.850. The predicted molar refractivity (Wildman–Crippen MR) is 60.1 cm³/mol. The van der Waals surface area contributed by atoms with Crippen LogP contribution in [0.4, 0.5) is 0 Å². The van der Waals surface area contributed by atoms with Crippen molar-refractivity contribution in [3.8, 4) is 0 Å². The Labute approximate surface area is 86.9 Å². The van der Waals surface area contributed by atoms with Crippen molar-refractivity contribution >= 4 is 5.78 Å². The van der Waals surface area contributed by atoms with Crippen LogP contribution >= 0.6 is 0 Å². The Kier molecular flexibility index (Phi) is 3.30. The van der Waals surface area contributed by atoms with Crippen molar-refractivity contribution < 1.29 is 4.79 Å². The van der Waals surface area contributed by atoms with Crippen LogP contribution in [0.2, 0.25) is 0 Å². The van der Waals surface area contributed by atoms with Crippen LogP contribution in [0.25, 0.3) is 0 Å². The topological polar surface area (TPSA) is 17.1 Å². The van der Waals surface area contributed by atoms with Crippen LogP contribution in [0.15, 0.2) is 24.3 Å². The Morgan fingerprint density at radius 3 is 2.79 bits per heavy atom. The highest BCUT2D eigenvalue weighted by molar-refractivity contribution is 5.98. The van der Waals surface area contributed by atoms with E-state index < -0.39 is 0 Å². The first-order chi connectivity index (χ1) is 6.46. The van der Waals surface area contributed by atoms with Crippen molar-refractivity contribution in [2.75, 3.05) is 0 Å². The van der Waals surface area contributed by atoms with Gasteiger partial charge in [-0.2, -0.15) is 0 Å². The standard InChI is InChI=1S/C13H20O/c1-5-10(2)12(14)11-7-6-8-13(3,4)9-11/h5,7,10H,1,6,8-9H2,2-4H3. The molecule has 0 aromatic rings. The lowest BCUT2D eigenvalue weighted by Crippen LogP contribution is -2.22. The van der Waals surface area contributed by atoms with E-state index >= 15 is 0 Å². The third kappa shape index (κ3) is 2.57. The van der Waals surface area contributed by atoms with E-state index in [1.165, 1.54) is 6.42 Å². The van der Waals surface area contributed by atoms with Gasteiger partial charge in [0.1, 0.15) is 0 Å². The number of carbonyl (C=O) groups is 1. The number of Topliss-reactive ketones (excluding diaryl/α,β-unsaturated/α-hetero) is 1. The molecule has 1 nitrogen and oxygen atoms in total. The summed E-state index contributed by atoms with van der Waals surface area (Å²) >= 11 is 0. The van der Waals surface area contributed by atoms with Gasteiger partial charge in [-0.15, -0.1) is 6.58 Å². The van der Waals surface area contributed by atoms with Crippen molar-refractivity contribution in [3.05, 3.63) is 24.3 Å². The van der Waals surface area contributed by atoms with Crippen molar-refractivity contribution in [2.45, 2.75) is 40.0 Å². The fraction of sp³-hybridized carbons (Fsp3) is 0.615. The smallest absolute Gasteiger partial charge is 0.165 e. The zero-order chi connectivity index (χ0) is 10.8. The molecule has 1 unspecified atom stereocenters. The summed E-state index contributed by atoms with van der Waals surface area (Å²) in [5.41, 5.74) is 1.30. The lowest BCUT2D eigenvalue weighted by molar-refractivity contribution is -0.118. The van der Waals surface area contributed by atoms with Gasteiger partial charge in [-0.1, -0.05) is 32.9 Å². The van der Waals surface area contributed by atoms with Gasteiger partial charge in [0.15, 0.2) is 5.78 Å². The lowest BCUT2D eigenvalue weighted by atomic mass is 9.75. The molecule has 1 aliphatic carbocycles. The Balaban J connectivity index is 2.74. The summed E-state index contributed by atoms with van der Waals surface area (Å²) in [4.78, 5) is 11.9. The average molecular weight is 192 g/mol. The summed E-state index contributed by atoms with van der Waals surface area (Å²) in [6.45, 7) is 10.0. The maximum Gasteiger partial charge on any atom is 0.165 e. The van der Waals surface area contributed by atoms with E-state index in [0.29, 0.717) is 5.41 Å². The minimum Gasteiger partial charge on any atom is -0.294 e. The highest BCUT2D eigenvalue weighted by Crippen LogP contribution is 2.36. The van der Waals surface area contributed by atoms with E-state index in [0.717, 1.165) is 18.4 Å². The van der Waals surface area contributed by atoms with Crippen LogP contribution in [-0.2, 0) is 4.79 Å². The van der Waals surface area contributed by atoms with E-state index in [4.69, 9.17) is 0 Å². The average Bonchev–Trinajstić information content (AvgIpc) is 2.14. The van der Waals surface area contributed by atoms with E-state index in [-0.39, 0.29) is 11.7 Å². The molecular formula is C13H20O. The van der Waals surface area contributed by atoms with Crippen LogP contribution in [0.1, 0.15) is 40.0 Å². The van der Waals surface area contributed by atoms with Crippen LogP contribution < -0.4 is 0 Å². The van der Waals surface area contributed by atoms with E-state index in [1.807, 2.05) is 6.92 Å². The predicted octanol–water partition coefficient (Wildman–Crippen LogP) is 3.51. The van der Waals surface area contributed by atoms with Gasteiger partial charge in [0.2, 0.25) is 0 Å². The Morgan fingerprint density at radius 2 is 2.29 bits per heavy atom. The van der Waals surface area contributed by atoms with Gasteiger partial charge in [-0.05, 0) is 30.3 Å². The highest BCUT2D eigenvalue weighted by Gasteiger charge is 2.27. The molecule has 0 aliphatic heterocycles. The first kappa shape index (κ1) is 11.2. The van der Waals surface area contributed by atoms with Crippen molar-refractivity contribution in [3.63, 3.8) is 0 Å². The van der Waals surface area contributed by atoms with E-state index in [9.17, 15) is 4.79 Å². The van der Waals surface area contributed by atoms with Gasteiger partial charge in [0, 0.05) is 5.92 Å². The minimum absolute atomic E-state index is 0.0323. The molecule has 1 aliphatic rings. The SMILES string of the molecule is C=CC(C)C(=O)C1=CCCC(C)(C)C1. The second kappa shape index (κ2) is 4.12. The molecule has 0 aromatic carbocycles. The highest BCUT2D eigenvalue weighted by atomic mass is 16.1. The zero-order valence-electron chi connectivity index (χ0n) is 9.47. The normalized spacial score (nSPS) is 22.4. The van der Waals surface area contributed by atoms with Crippen LogP contribution in [0.3, 0.4) is 0 Å². The second-order valence-corrected chi connectivity index (χ2v) is 5.00. The molecule has 0 aromatic heterocycles. The van der Waals surface area contributed by atoms with Gasteiger partial charge in [0.25, 0.3) is 0 Å². The molecule has 0 amide bonds. The molecule has 0 radical (unpaired) electrons. The molecule has 1 heteroatoms. The number of hydrogen-bond acceptors (Lipinski definition) is 1. The molecule has 1 atom stereocenters. The summed E-state index contributed by atoms with van der Waals surface area (Å²) in [6.07, 6.45) is 6.98. The number of ketones is 1. The molecule has 0 N–H and O–H groups in total. The fourth-order valence-corrected chi connectivity index (χ4v) is 1.90. The molecule has 0 saturated heterocycles. The molecule has 0 spiro atoms. The number of hydrogen-bond donors (Lipinski definition) is 0. The van der Waals surface area contributed by atoms with Gasteiger partial charge >= 0.3 is 0 Å². The summed E-state index contributed by atoms with van der Waals surface area (Å²) in [7, 11) is 0. The molecule has 78 valence electrons. The van der Waals surface area contributed by atoms with Gasteiger partial charge in [-0.3, -0.25) is 4.79 Å². The van der Waals surface area contributed by atoms with Crippen LogP contribution in [0.5, 0.6) is 0 Å². The lowest BCUT2D eigenvalue weighted by Gasteiger charge is -2.29. The zero-order valence-corrected chi connectivity index (χ0v) is 9.47. The molecule has 0 saturated carbocycles. The maximum absolute atomic E-state index is 11.9. The largest absolute Gasteiger partial charge is 0.294 e. The third-order valence-corrected chi connectivity index (χ3v) is 2.96. The number of allylic oxidation sites excluding steroid dienone is 3. The first-order valence-electron chi connectivity index (χ1n) is 5.32. The van der Waals surface area contributed by atoms with Crippen LogP contribution in [0, 0.1) is 11.3 Å². The van der Waals surface area contributed by atoms with Gasteiger partial charge in [0.05, 0.1) is 0 Å². The van der Waals surface area contributed by atoms with Gasteiger partial charge in [-0.25, -0.2) is 0 Å². The summed E-state index contributed by atoms with van der Waals surface area (Å²) in [5, 5.41) is 0. The van der Waals surface area contributed by atoms with Crippen molar-refractivity contribution in [1.82, 2.24) is 0 Å². The fourth-order valence-electron chi connectivity index (χ4n) is 1.90. The van der Waals surface area contributed by atoms with E-state index in [2.05, 4.69) is 26.5 Å². The monoisotopic (exact) mass is 192 g/mol. The van der Waals surface area contributed by atoms with Crippen LogP contribution in [-0.4, -0.2) is 5.78 Å². The van der Waals surface area contributed by atoms with E-state index in [1.54, 1.807) is 6.08 Å². The molecule has 14 heavy (non-hydrogen) atoms. The molecule has 1 rings (SSSR count). The maximum atomic E-state index is 11.9. The number of rotatable bonds is 3. The van der Waals surface area contributed by atoms with Gasteiger partial charge < -0.3 is 0 Å². The Morgan fingerprint density at radius 1 is 1.64 bits per heavy atom. The summed E-state index contributed by atoms with van der Waals surface area (Å²) < 4.78 is 0. The summed E-state index contributed by atoms with van der Waals surface area (Å²) in [5.74, 6) is 0.225. The minimum atomic E-state index is -0.0323. The molecule has 0 fully saturated rings. The van der Waals surface area contributed by atoms with Crippen molar-refractivity contribution in [1.29, 1.82) is 0 Å². The second-order valence-electron chi connectivity index (χ2n) is 5.00. The molecule has 0 heterocycles. The quantitative estimate of drug-likeness (QED) is 0.625. The third-order valence-electron chi connectivity index (χ3n) is 2.96. The first-order valence-corrected chi connectivity index (χ1v) is 5.32. The molecular weight excluding hydrogens is 172 g/mol. The Bertz CT molecular complexity index is 271. The molecule has 0 bridgehead atoms. The summed E-state index contributed by atoms with van der Waals surface area (Å²) in [6, 6.07) is 0. The van der Waals surface area contributed by atoms with Crippen molar-refractivity contribution in [2.24, 2.45) is 11.3 Å². The number of carbonyl (C=O) groups excluding carboxylic acids is 1.